The Hall–Kier alpha value is -3.38. The first kappa shape index (κ1) is 22.4. The molecule has 1 saturated carbocycles. The molecule has 0 saturated heterocycles. The van der Waals surface area contributed by atoms with Crippen LogP contribution in [-0.4, -0.2) is 32.5 Å². The van der Waals surface area contributed by atoms with Gasteiger partial charge >= 0.3 is 0 Å². The normalized spacial score (nSPS) is 18.1. The fourth-order valence-electron chi connectivity index (χ4n) is 4.76. The van der Waals surface area contributed by atoms with Crippen LogP contribution in [0.4, 0.5) is 5.95 Å². The van der Waals surface area contributed by atoms with Gasteiger partial charge in [0.05, 0.1) is 16.9 Å². The summed E-state index contributed by atoms with van der Waals surface area (Å²) >= 11 is 6.52. The van der Waals surface area contributed by atoms with E-state index in [0.717, 1.165) is 53.4 Å². The molecule has 1 aliphatic rings. The first-order chi connectivity index (χ1) is 16.5. The highest BCUT2D eigenvalue weighted by atomic mass is 35.5. The van der Waals surface area contributed by atoms with Crippen LogP contribution >= 0.6 is 11.6 Å². The lowest BCUT2D eigenvalue weighted by Gasteiger charge is -2.30. The fraction of sp³-hybridized carbons (Fsp3) is 0.296. The zero-order valence-corrected chi connectivity index (χ0v) is 20.1. The molecule has 2 N–H and O–H groups in total. The number of carbonyl (C=O) groups is 1. The maximum atomic E-state index is 12.7. The lowest BCUT2D eigenvalue weighted by Crippen LogP contribution is -2.42. The second-order valence-corrected chi connectivity index (χ2v) is 9.51. The van der Waals surface area contributed by atoms with Crippen molar-refractivity contribution in [3.05, 3.63) is 77.1 Å². The van der Waals surface area contributed by atoms with Gasteiger partial charge in [0.15, 0.2) is 0 Å². The minimum absolute atomic E-state index is 0.0216. The molecule has 0 radical (unpaired) electrons. The molecule has 174 valence electrons. The molecular weight excluding hydrogens is 446 g/mol. The van der Waals surface area contributed by atoms with Crippen molar-refractivity contribution in [2.45, 2.75) is 44.7 Å². The number of carbonyl (C=O) groups excluding carboxylic acids is 1. The number of rotatable bonds is 5. The Morgan fingerprint density at radius 3 is 2.68 bits per heavy atom. The Morgan fingerprint density at radius 1 is 1.09 bits per heavy atom. The molecule has 2 aromatic carbocycles. The van der Waals surface area contributed by atoms with Crippen LogP contribution in [-0.2, 0) is 7.05 Å². The average molecular weight is 474 g/mol. The van der Waals surface area contributed by atoms with E-state index in [0.29, 0.717) is 16.5 Å². The highest BCUT2D eigenvalue weighted by Gasteiger charge is 2.25. The third-order valence-electron chi connectivity index (χ3n) is 6.55. The summed E-state index contributed by atoms with van der Waals surface area (Å²) in [4.78, 5) is 21.9. The van der Waals surface area contributed by atoms with Crippen LogP contribution in [0.1, 0.15) is 41.6 Å². The van der Waals surface area contributed by atoms with Crippen molar-refractivity contribution in [2.24, 2.45) is 7.05 Å². The SMILES string of the molecule is Cc1ccc(C(=O)N[C@H]2CCC[C@@H](Nc3ncc(Cl)c(-c4cn(C)c5ccccc45)n3)C2)cc1. The van der Waals surface area contributed by atoms with Gasteiger partial charge in [0.1, 0.15) is 0 Å². The summed E-state index contributed by atoms with van der Waals surface area (Å²) in [5.74, 6) is 0.537. The summed E-state index contributed by atoms with van der Waals surface area (Å²) < 4.78 is 2.08. The molecule has 4 aromatic rings. The average Bonchev–Trinajstić information content (AvgIpc) is 3.17. The zero-order chi connectivity index (χ0) is 23.7. The number of amides is 1. The van der Waals surface area contributed by atoms with Gasteiger partial charge in [-0.2, -0.15) is 0 Å². The lowest BCUT2D eigenvalue weighted by atomic mass is 9.91. The summed E-state index contributed by atoms with van der Waals surface area (Å²) in [5, 5.41) is 8.31. The number of hydrogen-bond donors (Lipinski definition) is 2. The molecule has 34 heavy (non-hydrogen) atoms. The first-order valence-electron chi connectivity index (χ1n) is 11.7. The van der Waals surface area contributed by atoms with Crippen molar-refractivity contribution in [1.82, 2.24) is 19.9 Å². The number of nitrogens with one attached hydrogen (secondary N) is 2. The van der Waals surface area contributed by atoms with E-state index < -0.39 is 0 Å². The molecule has 1 aliphatic carbocycles. The van der Waals surface area contributed by atoms with Gasteiger partial charge in [0.25, 0.3) is 5.91 Å². The number of benzene rings is 2. The van der Waals surface area contributed by atoms with Gasteiger partial charge in [-0.15, -0.1) is 0 Å². The first-order valence-corrected chi connectivity index (χ1v) is 12.1. The minimum atomic E-state index is -0.0216. The smallest absolute Gasteiger partial charge is 0.251 e. The van der Waals surface area contributed by atoms with Gasteiger partial charge in [-0.1, -0.05) is 47.5 Å². The third-order valence-corrected chi connectivity index (χ3v) is 6.83. The predicted molar refractivity (Wildman–Crippen MR) is 137 cm³/mol. The predicted octanol–water partition coefficient (Wildman–Crippen LogP) is 5.75. The van der Waals surface area contributed by atoms with Gasteiger partial charge in [0.2, 0.25) is 5.95 Å². The van der Waals surface area contributed by atoms with Crippen molar-refractivity contribution in [2.75, 3.05) is 5.32 Å². The molecule has 1 fully saturated rings. The molecule has 0 spiro atoms. The molecule has 1 amide bonds. The molecule has 0 unspecified atom stereocenters. The molecule has 2 heterocycles. The molecule has 5 rings (SSSR count). The molecule has 2 aromatic heterocycles. The summed E-state index contributed by atoms with van der Waals surface area (Å²) in [6, 6.07) is 16.2. The van der Waals surface area contributed by atoms with Crippen LogP contribution in [0.2, 0.25) is 5.02 Å². The summed E-state index contributed by atoms with van der Waals surface area (Å²) in [7, 11) is 2.02. The van der Waals surface area contributed by atoms with Crippen molar-refractivity contribution in [1.29, 1.82) is 0 Å². The van der Waals surface area contributed by atoms with Crippen LogP contribution in [0, 0.1) is 6.92 Å². The van der Waals surface area contributed by atoms with E-state index in [4.69, 9.17) is 16.6 Å². The van der Waals surface area contributed by atoms with Gasteiger partial charge in [-0.25, -0.2) is 9.97 Å². The summed E-state index contributed by atoms with van der Waals surface area (Å²) in [5.41, 5.74) is 4.67. The number of hydrogen-bond acceptors (Lipinski definition) is 4. The Bertz CT molecular complexity index is 1330. The fourth-order valence-corrected chi connectivity index (χ4v) is 4.96. The monoisotopic (exact) mass is 473 g/mol. The zero-order valence-electron chi connectivity index (χ0n) is 19.4. The Balaban J connectivity index is 1.30. The number of nitrogens with zero attached hydrogens (tertiary/aromatic N) is 3. The highest BCUT2D eigenvalue weighted by molar-refractivity contribution is 6.33. The Kier molecular flexibility index (Phi) is 6.24. The van der Waals surface area contributed by atoms with E-state index >= 15 is 0 Å². The Labute approximate surface area is 204 Å². The number of fused-ring (bicyclic) bond motifs is 1. The van der Waals surface area contributed by atoms with E-state index in [9.17, 15) is 4.79 Å². The van der Waals surface area contributed by atoms with E-state index in [1.165, 1.54) is 0 Å². The van der Waals surface area contributed by atoms with E-state index in [-0.39, 0.29) is 18.0 Å². The number of anilines is 1. The standard InChI is InChI=1S/C27H28ClN5O/c1-17-10-12-18(13-11-17)26(34)30-19-6-5-7-20(14-19)31-27-29-15-23(28)25(32-27)22-16-33(2)24-9-4-3-8-21(22)24/h3-4,8-13,15-16,19-20H,5-7,14H2,1-2H3,(H,30,34)(H,29,31,32)/t19-,20+/m0/s1. The maximum Gasteiger partial charge on any atom is 0.251 e. The number of aryl methyl sites for hydroxylation is 2. The van der Waals surface area contributed by atoms with Gasteiger partial charge < -0.3 is 15.2 Å². The number of para-hydroxylation sites is 1. The van der Waals surface area contributed by atoms with E-state index in [1.54, 1.807) is 6.20 Å². The van der Waals surface area contributed by atoms with Crippen LogP contribution in [0.15, 0.2) is 60.9 Å². The topological polar surface area (TPSA) is 71.8 Å². The largest absolute Gasteiger partial charge is 0.351 e. The highest BCUT2D eigenvalue weighted by Crippen LogP contribution is 2.34. The Morgan fingerprint density at radius 2 is 1.85 bits per heavy atom. The lowest BCUT2D eigenvalue weighted by molar-refractivity contribution is 0.0926. The van der Waals surface area contributed by atoms with E-state index in [1.807, 2.05) is 50.4 Å². The second kappa shape index (κ2) is 9.47. The van der Waals surface area contributed by atoms with Gasteiger partial charge in [-0.05, 0) is 50.8 Å². The van der Waals surface area contributed by atoms with Crippen molar-refractivity contribution in [3.63, 3.8) is 0 Å². The van der Waals surface area contributed by atoms with Crippen molar-refractivity contribution < 1.29 is 4.79 Å². The number of halogens is 1. The molecule has 0 bridgehead atoms. The molecule has 6 nitrogen and oxygen atoms in total. The van der Waals surface area contributed by atoms with Crippen LogP contribution in [0.3, 0.4) is 0 Å². The molecule has 7 heteroatoms. The van der Waals surface area contributed by atoms with Crippen LogP contribution < -0.4 is 10.6 Å². The minimum Gasteiger partial charge on any atom is -0.351 e. The van der Waals surface area contributed by atoms with Crippen molar-refractivity contribution >= 4 is 34.4 Å². The van der Waals surface area contributed by atoms with Crippen LogP contribution in [0.5, 0.6) is 0 Å². The second-order valence-electron chi connectivity index (χ2n) is 9.11. The summed E-state index contributed by atoms with van der Waals surface area (Å²) in [6.07, 6.45) is 7.55. The molecular formula is C27H28ClN5O. The van der Waals surface area contributed by atoms with E-state index in [2.05, 4.69) is 38.5 Å². The number of aromatic nitrogens is 3. The molecule has 0 aliphatic heterocycles. The van der Waals surface area contributed by atoms with Crippen LogP contribution in [0.25, 0.3) is 22.2 Å². The van der Waals surface area contributed by atoms with Gasteiger partial charge in [0, 0.05) is 47.4 Å². The van der Waals surface area contributed by atoms with Crippen molar-refractivity contribution in [3.8, 4) is 11.3 Å². The summed E-state index contributed by atoms with van der Waals surface area (Å²) in [6.45, 7) is 2.02. The van der Waals surface area contributed by atoms with Gasteiger partial charge in [-0.3, -0.25) is 4.79 Å². The quantitative estimate of drug-likeness (QED) is 0.387. The maximum absolute atomic E-state index is 12.7. The molecule has 2 atom stereocenters. The third kappa shape index (κ3) is 4.64.